The van der Waals surface area contributed by atoms with Gasteiger partial charge in [0.25, 0.3) is 0 Å². The fraction of sp³-hybridized carbons (Fsp3) is 0.0357. The van der Waals surface area contributed by atoms with Crippen LogP contribution in [0.4, 0.5) is 0 Å². The minimum absolute atomic E-state index is 0.132. The van der Waals surface area contributed by atoms with Gasteiger partial charge < -0.3 is 14.9 Å². The SMILES string of the molecule is Cc1ccc(-c2ccc(O)c3ccccc23)c(C(=O)Oc2ccc(O)c3ccccc23)c1. The van der Waals surface area contributed by atoms with E-state index < -0.39 is 5.97 Å². The topological polar surface area (TPSA) is 66.8 Å². The van der Waals surface area contributed by atoms with E-state index in [4.69, 9.17) is 4.74 Å². The Balaban J connectivity index is 1.64. The van der Waals surface area contributed by atoms with Crippen LogP contribution in [0.2, 0.25) is 0 Å². The van der Waals surface area contributed by atoms with Crippen molar-refractivity contribution in [1.29, 1.82) is 0 Å². The second-order valence-corrected chi connectivity index (χ2v) is 7.74. The van der Waals surface area contributed by atoms with Gasteiger partial charge in [0.2, 0.25) is 0 Å². The lowest BCUT2D eigenvalue weighted by Gasteiger charge is -2.14. The standard InChI is InChI=1S/C28H20O4/c1-17-10-11-20(19-12-13-25(29)21-7-3-2-6-18(19)21)24(16-17)28(31)32-27-15-14-26(30)22-8-4-5-9-23(22)27/h2-16,29-30H,1H3. The van der Waals surface area contributed by atoms with Gasteiger partial charge in [-0.05, 0) is 47.7 Å². The predicted octanol–water partition coefficient (Wildman–Crippen LogP) is 6.60. The molecule has 0 radical (unpaired) electrons. The second-order valence-electron chi connectivity index (χ2n) is 7.74. The number of hydrogen-bond acceptors (Lipinski definition) is 4. The summed E-state index contributed by atoms with van der Waals surface area (Å²) in [6.07, 6.45) is 0. The van der Waals surface area contributed by atoms with Crippen molar-refractivity contribution in [3.8, 4) is 28.4 Å². The van der Waals surface area contributed by atoms with Crippen LogP contribution in [0, 0.1) is 6.92 Å². The van der Waals surface area contributed by atoms with Crippen molar-refractivity contribution in [2.45, 2.75) is 6.92 Å². The summed E-state index contributed by atoms with van der Waals surface area (Å²) in [4.78, 5) is 13.4. The normalized spacial score (nSPS) is 11.0. The summed E-state index contributed by atoms with van der Waals surface area (Å²) in [6.45, 7) is 1.92. The van der Waals surface area contributed by atoms with Crippen molar-refractivity contribution in [3.05, 3.63) is 102 Å². The van der Waals surface area contributed by atoms with E-state index in [2.05, 4.69) is 0 Å². The fourth-order valence-electron chi connectivity index (χ4n) is 4.08. The van der Waals surface area contributed by atoms with Crippen LogP contribution < -0.4 is 4.74 Å². The number of esters is 1. The van der Waals surface area contributed by atoms with Crippen molar-refractivity contribution in [3.63, 3.8) is 0 Å². The van der Waals surface area contributed by atoms with E-state index in [1.807, 2.05) is 73.7 Å². The number of aryl methyl sites for hydroxylation is 1. The van der Waals surface area contributed by atoms with E-state index in [9.17, 15) is 15.0 Å². The van der Waals surface area contributed by atoms with E-state index >= 15 is 0 Å². The molecule has 0 aliphatic rings. The smallest absolute Gasteiger partial charge is 0.344 e. The van der Waals surface area contributed by atoms with Gasteiger partial charge in [0, 0.05) is 16.2 Å². The van der Waals surface area contributed by atoms with Gasteiger partial charge in [-0.3, -0.25) is 0 Å². The summed E-state index contributed by atoms with van der Waals surface area (Å²) in [5.41, 5.74) is 2.91. The van der Waals surface area contributed by atoms with Crippen LogP contribution >= 0.6 is 0 Å². The monoisotopic (exact) mass is 420 g/mol. The molecule has 2 N–H and O–H groups in total. The molecule has 0 bridgehead atoms. The highest BCUT2D eigenvalue weighted by Crippen LogP contribution is 2.37. The molecule has 0 aromatic heterocycles. The van der Waals surface area contributed by atoms with Crippen LogP contribution in [0.15, 0.2) is 91.0 Å². The average Bonchev–Trinajstić information content (AvgIpc) is 2.82. The first-order valence-electron chi connectivity index (χ1n) is 10.3. The third-order valence-electron chi connectivity index (χ3n) is 5.65. The first-order chi connectivity index (χ1) is 15.5. The molecule has 4 nitrogen and oxygen atoms in total. The molecule has 0 amide bonds. The molecule has 5 aromatic carbocycles. The minimum atomic E-state index is -0.489. The lowest BCUT2D eigenvalue weighted by Crippen LogP contribution is -2.11. The maximum absolute atomic E-state index is 13.4. The number of rotatable bonds is 3. The zero-order valence-corrected chi connectivity index (χ0v) is 17.4. The molecule has 0 aliphatic carbocycles. The second kappa shape index (κ2) is 7.75. The van der Waals surface area contributed by atoms with Crippen LogP contribution in [0.1, 0.15) is 15.9 Å². The number of aromatic hydroxyl groups is 2. The van der Waals surface area contributed by atoms with Crippen LogP contribution in [-0.4, -0.2) is 16.2 Å². The number of carbonyl (C=O) groups excluding carboxylic acids is 1. The molecule has 4 heteroatoms. The summed E-state index contributed by atoms with van der Waals surface area (Å²) in [6, 6.07) is 27.0. The molecule has 0 aliphatic heterocycles. The molecule has 0 fully saturated rings. The van der Waals surface area contributed by atoms with Crippen molar-refractivity contribution in [2.75, 3.05) is 0 Å². The number of ether oxygens (including phenoxy) is 1. The largest absolute Gasteiger partial charge is 0.507 e. The Morgan fingerprint density at radius 3 is 1.94 bits per heavy atom. The Hall–Kier alpha value is -4.31. The highest BCUT2D eigenvalue weighted by atomic mass is 16.5. The zero-order valence-electron chi connectivity index (χ0n) is 17.4. The van der Waals surface area contributed by atoms with E-state index in [0.717, 1.165) is 27.5 Å². The summed E-state index contributed by atoms with van der Waals surface area (Å²) in [5.74, 6) is 0.214. The highest BCUT2D eigenvalue weighted by molar-refractivity contribution is 6.07. The Morgan fingerprint density at radius 2 is 1.22 bits per heavy atom. The van der Waals surface area contributed by atoms with Crippen molar-refractivity contribution >= 4 is 27.5 Å². The molecule has 5 aromatic rings. The lowest BCUT2D eigenvalue weighted by molar-refractivity contribution is 0.0737. The first-order valence-corrected chi connectivity index (χ1v) is 10.3. The molecule has 0 saturated heterocycles. The van der Waals surface area contributed by atoms with Gasteiger partial charge in [0.15, 0.2) is 0 Å². The van der Waals surface area contributed by atoms with Crippen molar-refractivity contribution < 1.29 is 19.7 Å². The van der Waals surface area contributed by atoms with Crippen LogP contribution in [-0.2, 0) is 0 Å². The summed E-state index contributed by atoms with van der Waals surface area (Å²) in [5, 5.41) is 23.2. The maximum atomic E-state index is 13.4. The number of benzene rings is 5. The van der Waals surface area contributed by atoms with Gasteiger partial charge in [-0.2, -0.15) is 0 Å². The molecule has 0 saturated carbocycles. The first kappa shape index (κ1) is 19.6. The zero-order chi connectivity index (χ0) is 22.2. The molecular weight excluding hydrogens is 400 g/mol. The molecule has 156 valence electrons. The van der Waals surface area contributed by atoms with Crippen LogP contribution in [0.3, 0.4) is 0 Å². The Bertz CT molecular complexity index is 1500. The maximum Gasteiger partial charge on any atom is 0.344 e. The summed E-state index contributed by atoms with van der Waals surface area (Å²) >= 11 is 0. The van der Waals surface area contributed by atoms with E-state index in [-0.39, 0.29) is 11.5 Å². The summed E-state index contributed by atoms with van der Waals surface area (Å²) < 4.78 is 5.82. The van der Waals surface area contributed by atoms with Crippen molar-refractivity contribution in [1.82, 2.24) is 0 Å². The van der Waals surface area contributed by atoms with Gasteiger partial charge in [-0.25, -0.2) is 4.79 Å². The molecular formula is C28H20O4. The highest BCUT2D eigenvalue weighted by Gasteiger charge is 2.19. The van der Waals surface area contributed by atoms with E-state index in [1.54, 1.807) is 18.2 Å². The number of carbonyl (C=O) groups is 1. The number of fused-ring (bicyclic) bond motifs is 2. The minimum Gasteiger partial charge on any atom is -0.507 e. The number of phenolic OH excluding ortho intramolecular Hbond substituents is 2. The number of hydrogen-bond donors (Lipinski definition) is 2. The molecule has 0 spiro atoms. The Kier molecular flexibility index (Phi) is 4.75. The average molecular weight is 420 g/mol. The molecule has 0 atom stereocenters. The molecule has 0 heterocycles. The van der Waals surface area contributed by atoms with Crippen LogP contribution in [0.5, 0.6) is 17.2 Å². The third kappa shape index (κ3) is 3.32. The van der Waals surface area contributed by atoms with Gasteiger partial charge in [0.05, 0.1) is 5.56 Å². The fourth-order valence-corrected chi connectivity index (χ4v) is 4.08. The van der Waals surface area contributed by atoms with Gasteiger partial charge >= 0.3 is 5.97 Å². The van der Waals surface area contributed by atoms with Crippen LogP contribution in [0.25, 0.3) is 32.7 Å². The van der Waals surface area contributed by atoms with E-state index in [1.165, 1.54) is 6.07 Å². The lowest BCUT2D eigenvalue weighted by atomic mass is 9.93. The van der Waals surface area contributed by atoms with Crippen molar-refractivity contribution in [2.24, 2.45) is 0 Å². The van der Waals surface area contributed by atoms with Gasteiger partial charge in [-0.1, -0.05) is 72.3 Å². The molecule has 0 unspecified atom stereocenters. The molecule has 32 heavy (non-hydrogen) atoms. The van der Waals surface area contributed by atoms with E-state index in [0.29, 0.717) is 22.1 Å². The quantitative estimate of drug-likeness (QED) is 0.255. The number of phenols is 2. The Morgan fingerprint density at radius 1 is 0.656 bits per heavy atom. The predicted molar refractivity (Wildman–Crippen MR) is 126 cm³/mol. The third-order valence-corrected chi connectivity index (χ3v) is 5.65. The Labute approximate surface area is 185 Å². The van der Waals surface area contributed by atoms with Gasteiger partial charge in [0.1, 0.15) is 17.2 Å². The molecule has 5 rings (SSSR count). The summed E-state index contributed by atoms with van der Waals surface area (Å²) in [7, 11) is 0. The van der Waals surface area contributed by atoms with Gasteiger partial charge in [-0.15, -0.1) is 0 Å².